The molecule has 5 rings (SSSR count). The maximum Gasteiger partial charge on any atom is 3.00 e. The number of hydrogen-bond donors (Lipinski definition) is 0. The van der Waals surface area contributed by atoms with Crippen LogP contribution in [0.5, 0.6) is 0 Å². The summed E-state index contributed by atoms with van der Waals surface area (Å²) in [4.78, 5) is 18.7. The summed E-state index contributed by atoms with van der Waals surface area (Å²) in [6.45, 7) is 1.56. The fourth-order valence-corrected chi connectivity index (χ4v) is 2.56. The summed E-state index contributed by atoms with van der Waals surface area (Å²) in [5.74, 6) is -3.71. The summed E-state index contributed by atoms with van der Waals surface area (Å²) in [6, 6.07) is 16.1. The Morgan fingerprint density at radius 3 is 2.12 bits per heavy atom. The Labute approximate surface area is 204 Å². The number of para-hydroxylation sites is 1. The van der Waals surface area contributed by atoms with Crippen molar-refractivity contribution in [2.24, 2.45) is 5.10 Å². The number of hydrazone groups is 1. The molecule has 13 heteroatoms. The average molecular weight is 644 g/mol. The molecule has 4 aromatic rings. The number of aromatic nitrogens is 5. The molecule has 172 valence electrons. The van der Waals surface area contributed by atoms with Crippen LogP contribution in [0.3, 0.4) is 0 Å². The van der Waals surface area contributed by atoms with Crippen LogP contribution in [0.15, 0.2) is 60.2 Å². The molecule has 1 aromatic carbocycles. The second-order valence-corrected chi connectivity index (χ2v) is 6.15. The van der Waals surface area contributed by atoms with Crippen molar-refractivity contribution in [2.75, 3.05) is 9.91 Å². The van der Waals surface area contributed by atoms with E-state index in [1.54, 1.807) is 11.6 Å². The van der Waals surface area contributed by atoms with Crippen LogP contribution in [0.25, 0.3) is 11.4 Å². The predicted octanol–water partition coefficient (Wildman–Crippen LogP) is 3.56. The Morgan fingerprint density at radius 1 is 0.824 bits per heavy atom. The molecule has 4 heterocycles. The Morgan fingerprint density at radius 2 is 1.47 bits per heavy atom. The smallest absolute Gasteiger partial charge is 0.463 e. The molecule has 1 aliphatic heterocycles. The standard InChI is InChI=1S/C13H8F2N4.C8H3F2N4.Ir/c14-12-7-6-11(13(15)17-12)19-9-18(8-16-19)10-4-2-1-3-5-10;9-6-2-1-5(7(10)14-6)8-12-3-11-4-13-8;/h1-5,7-9H;2-4H;/q-2;-1;+3. The predicted molar refractivity (Wildman–Crippen MR) is 109 cm³/mol. The van der Waals surface area contributed by atoms with Crippen molar-refractivity contribution < 1.29 is 37.7 Å². The fraction of sp³-hybridized carbons (Fsp3) is 0. The molecule has 0 saturated heterocycles. The van der Waals surface area contributed by atoms with E-state index in [0.717, 1.165) is 17.8 Å². The van der Waals surface area contributed by atoms with E-state index in [1.165, 1.54) is 24.0 Å². The maximum absolute atomic E-state index is 13.5. The van der Waals surface area contributed by atoms with E-state index < -0.39 is 23.8 Å². The Bertz CT molecular complexity index is 1260. The van der Waals surface area contributed by atoms with Crippen LogP contribution in [0.1, 0.15) is 0 Å². The molecule has 3 aromatic heterocycles. The van der Waals surface area contributed by atoms with Crippen LogP contribution >= 0.6 is 0 Å². The van der Waals surface area contributed by atoms with E-state index >= 15 is 0 Å². The minimum atomic E-state index is -0.990. The molecule has 0 atom stereocenters. The van der Waals surface area contributed by atoms with Gasteiger partial charge in [-0.2, -0.15) is 11.2 Å². The number of halogens is 4. The van der Waals surface area contributed by atoms with Gasteiger partial charge in [0.05, 0.1) is 18.1 Å². The largest absolute Gasteiger partial charge is 3.00 e. The maximum atomic E-state index is 13.5. The van der Waals surface area contributed by atoms with Gasteiger partial charge < -0.3 is 14.9 Å². The van der Waals surface area contributed by atoms with Gasteiger partial charge in [-0.05, 0) is 17.8 Å². The van der Waals surface area contributed by atoms with E-state index in [2.05, 4.69) is 42.2 Å². The van der Waals surface area contributed by atoms with E-state index in [1.807, 2.05) is 30.3 Å². The first-order chi connectivity index (χ1) is 16.0. The SMILES string of the molecule is Fc1c[c-]c(-c2ncncn2)c(F)n1.Fc1c[c-]c(N2[CH-]N(c3ccccc3)C=N2)c(F)n1.[Ir+3]. The van der Waals surface area contributed by atoms with Crippen molar-refractivity contribution in [3.63, 3.8) is 0 Å². The molecule has 0 spiro atoms. The van der Waals surface area contributed by atoms with Crippen molar-refractivity contribution in [1.29, 1.82) is 0 Å². The van der Waals surface area contributed by atoms with Crippen LogP contribution in [-0.4, -0.2) is 31.3 Å². The van der Waals surface area contributed by atoms with Gasteiger partial charge in [-0.25, -0.2) is 13.8 Å². The summed E-state index contributed by atoms with van der Waals surface area (Å²) in [6.07, 6.45) is 3.93. The molecule has 34 heavy (non-hydrogen) atoms. The van der Waals surface area contributed by atoms with Crippen molar-refractivity contribution in [3.8, 4) is 11.4 Å². The molecule has 0 radical (unpaired) electrons. The average Bonchev–Trinajstić information content (AvgIpc) is 3.31. The van der Waals surface area contributed by atoms with Crippen LogP contribution in [0.2, 0.25) is 0 Å². The van der Waals surface area contributed by atoms with Crippen molar-refractivity contribution >= 4 is 17.7 Å². The van der Waals surface area contributed by atoms with Crippen molar-refractivity contribution in [3.05, 3.63) is 97.7 Å². The van der Waals surface area contributed by atoms with Gasteiger partial charge in [0.1, 0.15) is 30.5 Å². The van der Waals surface area contributed by atoms with Crippen LogP contribution in [-0.2, 0) is 20.1 Å². The molecular formula is C21H11F4IrN8. The van der Waals surface area contributed by atoms with Gasteiger partial charge in [0, 0.05) is 5.69 Å². The molecule has 0 N–H and O–H groups in total. The number of hydrogen-bond acceptors (Lipinski definition) is 8. The molecule has 0 amide bonds. The summed E-state index contributed by atoms with van der Waals surface area (Å²) in [5.41, 5.74) is 0.772. The molecule has 1 aliphatic rings. The summed E-state index contributed by atoms with van der Waals surface area (Å²) < 4.78 is 51.7. The second kappa shape index (κ2) is 11.3. The normalized spacial score (nSPS) is 12.1. The number of nitrogens with zero attached hydrogens (tertiary/aromatic N) is 8. The van der Waals surface area contributed by atoms with Gasteiger partial charge >= 0.3 is 20.1 Å². The third kappa shape index (κ3) is 5.94. The first-order valence-electron chi connectivity index (χ1n) is 9.13. The summed E-state index contributed by atoms with van der Waals surface area (Å²) in [7, 11) is 0. The van der Waals surface area contributed by atoms with Gasteiger partial charge in [-0.1, -0.05) is 29.8 Å². The Hall–Kier alpha value is -3.83. The van der Waals surface area contributed by atoms with Crippen LogP contribution in [0, 0.1) is 42.6 Å². The Balaban J connectivity index is 0.000000193. The van der Waals surface area contributed by atoms with Crippen molar-refractivity contribution in [2.45, 2.75) is 0 Å². The van der Waals surface area contributed by atoms with Crippen molar-refractivity contribution in [1.82, 2.24) is 24.9 Å². The summed E-state index contributed by atoms with van der Waals surface area (Å²) >= 11 is 0. The minimum Gasteiger partial charge on any atom is -0.463 e. The van der Waals surface area contributed by atoms with Gasteiger partial charge in [-0.3, -0.25) is 23.7 Å². The number of anilines is 2. The van der Waals surface area contributed by atoms with Gasteiger partial charge in [0.2, 0.25) is 0 Å². The minimum absolute atomic E-state index is 0. The molecule has 0 fully saturated rings. The Kier molecular flexibility index (Phi) is 8.28. The fourth-order valence-electron chi connectivity index (χ4n) is 2.56. The molecular weight excluding hydrogens is 632 g/mol. The van der Waals surface area contributed by atoms with Gasteiger partial charge in [0.25, 0.3) is 0 Å². The summed E-state index contributed by atoms with van der Waals surface area (Å²) in [5, 5.41) is 5.24. The first kappa shape index (κ1) is 24.8. The zero-order chi connectivity index (χ0) is 23.2. The molecule has 0 aliphatic carbocycles. The van der Waals surface area contributed by atoms with E-state index in [0.29, 0.717) is 0 Å². The quantitative estimate of drug-likeness (QED) is 0.192. The topological polar surface area (TPSA) is 83.3 Å². The first-order valence-corrected chi connectivity index (χ1v) is 9.13. The molecule has 0 bridgehead atoms. The third-order valence-corrected chi connectivity index (χ3v) is 4.01. The van der Waals surface area contributed by atoms with Crippen LogP contribution < -0.4 is 9.91 Å². The molecule has 0 unspecified atom stereocenters. The van der Waals surface area contributed by atoms with Gasteiger partial charge in [-0.15, -0.1) is 18.8 Å². The number of rotatable bonds is 3. The third-order valence-electron chi connectivity index (χ3n) is 4.01. The molecule has 0 saturated carbocycles. The number of pyridine rings is 2. The van der Waals surface area contributed by atoms with Gasteiger partial charge in [0.15, 0.2) is 0 Å². The van der Waals surface area contributed by atoms with E-state index in [9.17, 15) is 17.6 Å². The molecule has 8 nitrogen and oxygen atoms in total. The zero-order valence-electron chi connectivity index (χ0n) is 16.8. The van der Waals surface area contributed by atoms with E-state index in [-0.39, 0.29) is 37.2 Å². The number of benzene rings is 1. The van der Waals surface area contributed by atoms with Crippen LogP contribution in [0.4, 0.5) is 28.9 Å². The monoisotopic (exact) mass is 644 g/mol. The second-order valence-electron chi connectivity index (χ2n) is 6.15. The zero-order valence-corrected chi connectivity index (χ0v) is 19.2. The van der Waals surface area contributed by atoms with E-state index in [4.69, 9.17) is 0 Å².